The molecule has 1 saturated heterocycles. The van der Waals surface area contributed by atoms with E-state index < -0.39 is 0 Å². The van der Waals surface area contributed by atoms with Crippen LogP contribution in [0.5, 0.6) is 0 Å². The van der Waals surface area contributed by atoms with Gasteiger partial charge in [0, 0.05) is 23.7 Å². The summed E-state index contributed by atoms with van der Waals surface area (Å²) in [5, 5.41) is 0.806. The molecule has 1 fully saturated rings. The molecule has 0 aromatic heterocycles. The fraction of sp³-hybridized carbons (Fsp3) is 0.625. The molecule has 1 aliphatic rings. The van der Waals surface area contributed by atoms with Crippen LogP contribution in [0, 0.1) is 5.92 Å². The van der Waals surface area contributed by atoms with E-state index in [1.807, 2.05) is 12.1 Å². The van der Waals surface area contributed by atoms with Gasteiger partial charge in [-0.1, -0.05) is 37.6 Å². The molecule has 19 heavy (non-hydrogen) atoms. The van der Waals surface area contributed by atoms with Gasteiger partial charge in [0.15, 0.2) is 0 Å². The topological polar surface area (TPSA) is 29.3 Å². The van der Waals surface area contributed by atoms with Gasteiger partial charge in [-0.05, 0) is 49.4 Å². The summed E-state index contributed by atoms with van der Waals surface area (Å²) in [7, 11) is 0. The zero-order valence-corrected chi connectivity index (χ0v) is 12.7. The van der Waals surface area contributed by atoms with Crippen LogP contribution in [0.3, 0.4) is 0 Å². The maximum atomic E-state index is 6.02. The van der Waals surface area contributed by atoms with Crippen LogP contribution in [0.25, 0.3) is 0 Å². The third-order valence-corrected chi connectivity index (χ3v) is 4.69. The van der Waals surface area contributed by atoms with Crippen molar-refractivity contribution in [2.24, 2.45) is 11.7 Å². The van der Waals surface area contributed by atoms with Crippen LogP contribution in [0.2, 0.25) is 5.02 Å². The zero-order chi connectivity index (χ0) is 13.8. The van der Waals surface area contributed by atoms with E-state index in [1.54, 1.807) is 0 Å². The molecule has 0 aliphatic carbocycles. The van der Waals surface area contributed by atoms with E-state index in [-0.39, 0.29) is 0 Å². The molecule has 1 heterocycles. The van der Waals surface area contributed by atoms with E-state index >= 15 is 0 Å². The maximum absolute atomic E-state index is 6.02. The predicted octanol–water partition coefficient (Wildman–Crippen LogP) is 3.85. The van der Waals surface area contributed by atoms with Crippen LogP contribution < -0.4 is 5.73 Å². The molecule has 106 valence electrons. The van der Waals surface area contributed by atoms with Crippen LogP contribution in [-0.4, -0.2) is 24.0 Å². The van der Waals surface area contributed by atoms with Gasteiger partial charge in [-0.25, -0.2) is 0 Å². The van der Waals surface area contributed by atoms with Crippen LogP contribution in [0.15, 0.2) is 24.3 Å². The standard InChI is InChI=1S/C16H25ClN2/c1-3-15(13-6-8-14(17)9-7-13)19-10-4-5-12(2)16(19)11-18/h6-9,12,15-16H,3-5,10-11,18H2,1-2H3. The molecule has 3 atom stereocenters. The van der Waals surface area contributed by atoms with Crippen molar-refractivity contribution in [1.29, 1.82) is 0 Å². The molecule has 0 saturated carbocycles. The van der Waals surface area contributed by atoms with E-state index in [0.717, 1.165) is 24.5 Å². The lowest BCUT2D eigenvalue weighted by Crippen LogP contribution is -2.49. The number of hydrogen-bond acceptors (Lipinski definition) is 2. The number of halogens is 1. The summed E-state index contributed by atoms with van der Waals surface area (Å²) in [6, 6.07) is 9.27. The highest BCUT2D eigenvalue weighted by Gasteiger charge is 2.32. The summed E-state index contributed by atoms with van der Waals surface area (Å²) in [6.07, 6.45) is 3.70. The number of rotatable bonds is 4. The molecule has 0 amide bonds. The number of benzene rings is 1. The van der Waals surface area contributed by atoms with Crippen molar-refractivity contribution in [1.82, 2.24) is 4.90 Å². The van der Waals surface area contributed by atoms with E-state index in [1.165, 1.54) is 18.4 Å². The van der Waals surface area contributed by atoms with Crippen molar-refractivity contribution in [3.63, 3.8) is 0 Å². The largest absolute Gasteiger partial charge is 0.329 e. The predicted molar refractivity (Wildman–Crippen MR) is 82.4 cm³/mol. The van der Waals surface area contributed by atoms with Gasteiger partial charge in [0.2, 0.25) is 0 Å². The first-order valence-corrected chi connectivity index (χ1v) is 7.76. The second kappa shape index (κ2) is 6.74. The average molecular weight is 281 g/mol. The van der Waals surface area contributed by atoms with Crippen LogP contribution in [-0.2, 0) is 0 Å². The molecule has 1 aromatic rings. The Kier molecular flexibility index (Phi) is 5.26. The summed E-state index contributed by atoms with van der Waals surface area (Å²) < 4.78 is 0. The van der Waals surface area contributed by atoms with Crippen molar-refractivity contribution >= 4 is 11.6 Å². The summed E-state index contributed by atoms with van der Waals surface area (Å²) in [5.41, 5.74) is 7.38. The third-order valence-electron chi connectivity index (χ3n) is 4.44. The van der Waals surface area contributed by atoms with E-state index in [4.69, 9.17) is 17.3 Å². The average Bonchev–Trinajstić information content (AvgIpc) is 2.42. The normalized spacial score (nSPS) is 26.3. The molecule has 3 unspecified atom stereocenters. The maximum Gasteiger partial charge on any atom is 0.0406 e. The molecule has 0 radical (unpaired) electrons. The molecule has 1 aliphatic heterocycles. The summed E-state index contributed by atoms with van der Waals surface area (Å²) in [5.74, 6) is 0.695. The van der Waals surface area contributed by atoms with Gasteiger partial charge in [0.05, 0.1) is 0 Å². The summed E-state index contributed by atoms with van der Waals surface area (Å²) in [6.45, 7) is 6.50. The van der Waals surface area contributed by atoms with Gasteiger partial charge in [-0.3, -0.25) is 4.90 Å². The van der Waals surface area contributed by atoms with Crippen molar-refractivity contribution in [2.45, 2.75) is 45.2 Å². The highest BCUT2D eigenvalue weighted by Crippen LogP contribution is 2.33. The second-order valence-corrected chi connectivity index (χ2v) is 6.07. The number of likely N-dealkylation sites (tertiary alicyclic amines) is 1. The lowest BCUT2D eigenvalue weighted by atomic mass is 9.87. The quantitative estimate of drug-likeness (QED) is 0.908. The summed E-state index contributed by atoms with van der Waals surface area (Å²) >= 11 is 5.99. The lowest BCUT2D eigenvalue weighted by molar-refractivity contribution is 0.0595. The molecule has 3 heteroatoms. The molecular weight excluding hydrogens is 256 g/mol. The van der Waals surface area contributed by atoms with Crippen LogP contribution >= 0.6 is 11.6 Å². The minimum Gasteiger partial charge on any atom is -0.329 e. The number of nitrogens with two attached hydrogens (primary N) is 1. The first-order valence-electron chi connectivity index (χ1n) is 7.38. The monoisotopic (exact) mass is 280 g/mol. The Balaban J connectivity index is 2.22. The number of nitrogens with zero attached hydrogens (tertiary/aromatic N) is 1. The van der Waals surface area contributed by atoms with Crippen molar-refractivity contribution in [3.8, 4) is 0 Å². The minimum absolute atomic E-state index is 0.466. The Morgan fingerprint density at radius 3 is 2.63 bits per heavy atom. The second-order valence-electron chi connectivity index (χ2n) is 5.64. The molecular formula is C16H25ClN2. The van der Waals surface area contributed by atoms with Crippen molar-refractivity contribution in [2.75, 3.05) is 13.1 Å². The van der Waals surface area contributed by atoms with Crippen molar-refractivity contribution in [3.05, 3.63) is 34.9 Å². The smallest absolute Gasteiger partial charge is 0.0406 e. The lowest BCUT2D eigenvalue weighted by Gasteiger charge is -2.44. The molecule has 0 bridgehead atoms. The number of piperidine rings is 1. The van der Waals surface area contributed by atoms with E-state index in [9.17, 15) is 0 Å². The number of hydrogen-bond donors (Lipinski definition) is 1. The molecule has 1 aromatic carbocycles. The van der Waals surface area contributed by atoms with Crippen LogP contribution in [0.4, 0.5) is 0 Å². The Labute approximate surface area is 121 Å². The summed E-state index contributed by atoms with van der Waals surface area (Å²) in [4.78, 5) is 2.61. The van der Waals surface area contributed by atoms with Crippen LogP contribution in [0.1, 0.15) is 44.7 Å². The SMILES string of the molecule is CCC(c1ccc(Cl)cc1)N1CCCC(C)C1CN. The first-order chi connectivity index (χ1) is 9.17. The fourth-order valence-corrected chi connectivity index (χ4v) is 3.51. The van der Waals surface area contributed by atoms with E-state index in [0.29, 0.717) is 18.0 Å². The third kappa shape index (κ3) is 3.31. The zero-order valence-electron chi connectivity index (χ0n) is 12.0. The van der Waals surface area contributed by atoms with E-state index in [2.05, 4.69) is 30.9 Å². The molecule has 2 nitrogen and oxygen atoms in total. The Morgan fingerprint density at radius 1 is 1.37 bits per heavy atom. The molecule has 0 spiro atoms. The fourth-order valence-electron chi connectivity index (χ4n) is 3.38. The van der Waals surface area contributed by atoms with Gasteiger partial charge in [-0.15, -0.1) is 0 Å². The van der Waals surface area contributed by atoms with Crippen molar-refractivity contribution < 1.29 is 0 Å². The Bertz CT molecular complexity index is 390. The highest BCUT2D eigenvalue weighted by molar-refractivity contribution is 6.30. The Morgan fingerprint density at radius 2 is 2.05 bits per heavy atom. The molecule has 2 rings (SSSR count). The van der Waals surface area contributed by atoms with Gasteiger partial charge < -0.3 is 5.73 Å². The molecule has 2 N–H and O–H groups in total. The minimum atomic E-state index is 0.466. The van der Waals surface area contributed by atoms with Gasteiger partial charge in [-0.2, -0.15) is 0 Å². The van der Waals surface area contributed by atoms with Gasteiger partial charge >= 0.3 is 0 Å². The highest BCUT2D eigenvalue weighted by atomic mass is 35.5. The van der Waals surface area contributed by atoms with Gasteiger partial charge in [0.1, 0.15) is 0 Å². The first kappa shape index (κ1) is 14.8. The Hall–Kier alpha value is -0.570. The van der Waals surface area contributed by atoms with Gasteiger partial charge in [0.25, 0.3) is 0 Å².